The number of aryl methyl sites for hydroxylation is 1. The second-order valence-electron chi connectivity index (χ2n) is 8.02. The molecule has 4 rings (SSSR count). The lowest BCUT2D eigenvalue weighted by Crippen LogP contribution is -2.47. The van der Waals surface area contributed by atoms with Crippen LogP contribution >= 0.6 is 0 Å². The summed E-state index contributed by atoms with van der Waals surface area (Å²) >= 11 is 0. The molecule has 0 radical (unpaired) electrons. The molecule has 2 aliphatic heterocycles. The molecular weight excluding hydrogens is 362 g/mol. The molecule has 0 N–H and O–H groups in total. The average molecular weight is 394 g/mol. The number of piperazine rings is 1. The number of aromatic nitrogens is 2. The SMILES string of the molecule is CCC1CCCCN1C(=O)c1cc(N2CCN(c3ccccc3)CC2)nc(C)n1. The number of benzene rings is 1. The maximum atomic E-state index is 13.2. The van der Waals surface area contributed by atoms with Crippen LogP contribution in [-0.4, -0.2) is 59.5 Å². The van der Waals surface area contributed by atoms with Crippen molar-refractivity contribution in [2.24, 2.45) is 0 Å². The van der Waals surface area contributed by atoms with Gasteiger partial charge in [0.05, 0.1) is 0 Å². The minimum Gasteiger partial charge on any atom is -0.368 e. The van der Waals surface area contributed by atoms with E-state index in [-0.39, 0.29) is 5.91 Å². The van der Waals surface area contributed by atoms with Gasteiger partial charge in [-0.05, 0) is 44.7 Å². The summed E-state index contributed by atoms with van der Waals surface area (Å²) in [6.07, 6.45) is 4.40. The molecule has 1 unspecified atom stereocenters. The van der Waals surface area contributed by atoms with Gasteiger partial charge in [-0.2, -0.15) is 0 Å². The van der Waals surface area contributed by atoms with E-state index in [1.165, 1.54) is 12.1 Å². The first-order chi connectivity index (χ1) is 14.2. The molecule has 6 nitrogen and oxygen atoms in total. The number of para-hydroxylation sites is 1. The van der Waals surface area contributed by atoms with E-state index >= 15 is 0 Å². The van der Waals surface area contributed by atoms with Crippen LogP contribution in [0.1, 0.15) is 48.9 Å². The first-order valence-electron chi connectivity index (χ1n) is 10.9. The predicted molar refractivity (Wildman–Crippen MR) is 117 cm³/mol. The molecule has 3 heterocycles. The number of nitrogens with zero attached hydrogens (tertiary/aromatic N) is 5. The maximum Gasteiger partial charge on any atom is 0.272 e. The second kappa shape index (κ2) is 8.80. The highest BCUT2D eigenvalue weighted by molar-refractivity contribution is 5.93. The van der Waals surface area contributed by atoms with Gasteiger partial charge in [0.2, 0.25) is 0 Å². The van der Waals surface area contributed by atoms with E-state index in [9.17, 15) is 4.79 Å². The van der Waals surface area contributed by atoms with Crippen LogP contribution in [0.2, 0.25) is 0 Å². The van der Waals surface area contributed by atoms with Gasteiger partial charge in [0, 0.05) is 50.5 Å². The van der Waals surface area contributed by atoms with Crippen molar-refractivity contribution in [3.8, 4) is 0 Å². The Balaban J connectivity index is 1.48. The van der Waals surface area contributed by atoms with Crippen molar-refractivity contribution < 1.29 is 4.79 Å². The highest BCUT2D eigenvalue weighted by atomic mass is 16.2. The minimum absolute atomic E-state index is 0.0613. The molecule has 2 aliphatic rings. The zero-order valence-electron chi connectivity index (χ0n) is 17.5. The van der Waals surface area contributed by atoms with E-state index in [2.05, 4.69) is 51.0 Å². The van der Waals surface area contributed by atoms with Crippen molar-refractivity contribution in [2.45, 2.75) is 45.6 Å². The molecule has 1 aromatic carbocycles. The van der Waals surface area contributed by atoms with Crippen molar-refractivity contribution in [2.75, 3.05) is 42.5 Å². The zero-order chi connectivity index (χ0) is 20.2. The van der Waals surface area contributed by atoms with E-state index in [1.807, 2.05) is 24.0 Å². The number of amides is 1. The fraction of sp³-hybridized carbons (Fsp3) is 0.522. The number of likely N-dealkylation sites (tertiary alicyclic amines) is 1. The number of carbonyl (C=O) groups excluding carboxylic acids is 1. The predicted octanol–water partition coefficient (Wildman–Crippen LogP) is 3.52. The molecule has 2 fully saturated rings. The number of hydrogen-bond acceptors (Lipinski definition) is 5. The topological polar surface area (TPSA) is 52.6 Å². The summed E-state index contributed by atoms with van der Waals surface area (Å²) in [4.78, 5) is 29.1. The third-order valence-electron chi connectivity index (χ3n) is 6.13. The summed E-state index contributed by atoms with van der Waals surface area (Å²) in [5, 5.41) is 0. The fourth-order valence-electron chi connectivity index (χ4n) is 4.50. The van der Waals surface area contributed by atoms with E-state index in [0.29, 0.717) is 17.6 Å². The van der Waals surface area contributed by atoms with Crippen LogP contribution in [-0.2, 0) is 0 Å². The average Bonchev–Trinajstić information content (AvgIpc) is 2.79. The normalized spacial score (nSPS) is 20.1. The van der Waals surface area contributed by atoms with Crippen LogP contribution in [0.15, 0.2) is 36.4 Å². The lowest BCUT2D eigenvalue weighted by Gasteiger charge is -2.37. The summed E-state index contributed by atoms with van der Waals surface area (Å²) in [6.45, 7) is 8.56. The van der Waals surface area contributed by atoms with Crippen LogP contribution in [0.5, 0.6) is 0 Å². The highest BCUT2D eigenvalue weighted by Crippen LogP contribution is 2.24. The lowest BCUT2D eigenvalue weighted by atomic mass is 9.99. The van der Waals surface area contributed by atoms with Gasteiger partial charge in [-0.3, -0.25) is 4.79 Å². The molecule has 29 heavy (non-hydrogen) atoms. The first-order valence-corrected chi connectivity index (χ1v) is 10.9. The van der Waals surface area contributed by atoms with Gasteiger partial charge in [-0.15, -0.1) is 0 Å². The van der Waals surface area contributed by atoms with Gasteiger partial charge in [0.25, 0.3) is 5.91 Å². The Kier molecular flexibility index (Phi) is 5.97. The molecule has 0 aliphatic carbocycles. The van der Waals surface area contributed by atoms with Gasteiger partial charge in [-0.25, -0.2) is 9.97 Å². The molecule has 6 heteroatoms. The van der Waals surface area contributed by atoms with Crippen LogP contribution < -0.4 is 9.80 Å². The van der Waals surface area contributed by atoms with Crippen molar-refractivity contribution in [1.29, 1.82) is 0 Å². The molecule has 1 aromatic heterocycles. The molecule has 1 amide bonds. The summed E-state index contributed by atoms with van der Waals surface area (Å²) in [5.74, 6) is 1.60. The number of piperidine rings is 1. The minimum atomic E-state index is 0.0613. The van der Waals surface area contributed by atoms with Crippen LogP contribution in [0, 0.1) is 6.92 Å². The Bertz CT molecular complexity index is 832. The molecule has 0 bridgehead atoms. The van der Waals surface area contributed by atoms with Crippen LogP contribution in [0.25, 0.3) is 0 Å². The monoisotopic (exact) mass is 393 g/mol. The molecule has 1 atom stereocenters. The first kappa shape index (κ1) is 19.7. The van der Waals surface area contributed by atoms with Gasteiger partial charge < -0.3 is 14.7 Å². The molecule has 0 spiro atoms. The van der Waals surface area contributed by atoms with Crippen LogP contribution in [0.3, 0.4) is 0 Å². The van der Waals surface area contributed by atoms with E-state index in [0.717, 1.165) is 57.8 Å². The Morgan fingerprint density at radius 2 is 1.72 bits per heavy atom. The summed E-state index contributed by atoms with van der Waals surface area (Å²) in [7, 11) is 0. The van der Waals surface area contributed by atoms with Gasteiger partial charge in [0.15, 0.2) is 0 Å². The number of rotatable bonds is 4. The smallest absolute Gasteiger partial charge is 0.272 e. The Hall–Kier alpha value is -2.63. The quantitative estimate of drug-likeness (QED) is 0.796. The summed E-state index contributed by atoms with van der Waals surface area (Å²) in [5.41, 5.74) is 1.80. The second-order valence-corrected chi connectivity index (χ2v) is 8.02. The number of hydrogen-bond donors (Lipinski definition) is 0. The number of anilines is 2. The maximum absolute atomic E-state index is 13.2. The lowest BCUT2D eigenvalue weighted by molar-refractivity contribution is 0.0601. The standard InChI is InChI=1S/C23H31N5O/c1-3-19-9-7-8-12-28(19)23(29)21-17-22(25-18(2)24-21)27-15-13-26(14-16-27)20-10-5-4-6-11-20/h4-6,10-11,17,19H,3,7-9,12-16H2,1-2H3. The molecular formula is C23H31N5O. The van der Waals surface area contributed by atoms with Gasteiger partial charge >= 0.3 is 0 Å². The largest absolute Gasteiger partial charge is 0.368 e. The molecule has 154 valence electrons. The fourth-order valence-corrected chi connectivity index (χ4v) is 4.50. The van der Waals surface area contributed by atoms with Crippen molar-refractivity contribution in [3.05, 3.63) is 47.9 Å². The van der Waals surface area contributed by atoms with E-state index in [4.69, 9.17) is 0 Å². The van der Waals surface area contributed by atoms with Gasteiger partial charge in [-0.1, -0.05) is 25.1 Å². The van der Waals surface area contributed by atoms with E-state index < -0.39 is 0 Å². The van der Waals surface area contributed by atoms with E-state index in [1.54, 1.807) is 0 Å². The third-order valence-corrected chi connectivity index (χ3v) is 6.13. The summed E-state index contributed by atoms with van der Waals surface area (Å²) < 4.78 is 0. The van der Waals surface area contributed by atoms with Crippen molar-refractivity contribution in [1.82, 2.24) is 14.9 Å². The Labute approximate surface area is 173 Å². The summed E-state index contributed by atoms with van der Waals surface area (Å²) in [6, 6.07) is 12.8. The zero-order valence-corrected chi connectivity index (χ0v) is 17.5. The number of carbonyl (C=O) groups is 1. The Morgan fingerprint density at radius 1 is 1.00 bits per heavy atom. The molecule has 2 aromatic rings. The highest BCUT2D eigenvalue weighted by Gasteiger charge is 2.28. The molecule has 0 saturated carbocycles. The Morgan fingerprint density at radius 3 is 2.45 bits per heavy atom. The van der Waals surface area contributed by atoms with Crippen molar-refractivity contribution >= 4 is 17.4 Å². The van der Waals surface area contributed by atoms with Gasteiger partial charge in [0.1, 0.15) is 17.3 Å². The third kappa shape index (κ3) is 4.36. The molecule has 2 saturated heterocycles. The van der Waals surface area contributed by atoms with Crippen molar-refractivity contribution in [3.63, 3.8) is 0 Å². The van der Waals surface area contributed by atoms with Crippen LogP contribution in [0.4, 0.5) is 11.5 Å².